The molecule has 1 aromatic carbocycles. The van der Waals surface area contributed by atoms with Crippen molar-refractivity contribution in [2.45, 2.75) is 12.6 Å². The fourth-order valence-electron chi connectivity index (χ4n) is 1.72. The first-order chi connectivity index (χ1) is 9.82. The summed E-state index contributed by atoms with van der Waals surface area (Å²) in [5.74, 6) is -1.05. The second-order valence-electron chi connectivity index (χ2n) is 4.04. The number of aliphatic carboxylic acids is 1. The Balaban J connectivity index is 2.46. The zero-order chi connectivity index (χ0) is 15.6. The second-order valence-corrected chi connectivity index (χ2v) is 4.04. The first kappa shape index (κ1) is 14.5. The van der Waals surface area contributed by atoms with Crippen molar-refractivity contribution in [2.24, 2.45) is 0 Å². The lowest BCUT2D eigenvalue weighted by molar-refractivity contribution is -0.143. The third-order valence-corrected chi connectivity index (χ3v) is 2.58. The molecule has 1 N–H and O–H groups in total. The second kappa shape index (κ2) is 5.24. The van der Waals surface area contributed by atoms with Crippen LogP contribution in [0.3, 0.4) is 0 Å². The average Bonchev–Trinajstić information content (AvgIpc) is 2.82. The third-order valence-electron chi connectivity index (χ3n) is 2.58. The van der Waals surface area contributed by atoms with Gasteiger partial charge < -0.3 is 5.11 Å². The Hall–Kier alpha value is -2.89. The predicted octanol–water partition coefficient (Wildman–Crippen LogP) is 1.78. The average molecular weight is 296 g/mol. The van der Waals surface area contributed by atoms with E-state index >= 15 is 0 Å². The van der Waals surface area contributed by atoms with Crippen molar-refractivity contribution in [1.82, 2.24) is 15.0 Å². The van der Waals surface area contributed by atoms with Crippen LogP contribution in [0.2, 0.25) is 0 Å². The Labute approximate surface area is 116 Å². The van der Waals surface area contributed by atoms with Crippen LogP contribution >= 0.6 is 0 Å². The van der Waals surface area contributed by atoms with E-state index in [0.717, 1.165) is 0 Å². The van der Waals surface area contributed by atoms with Gasteiger partial charge in [-0.25, -0.2) is 4.68 Å². The van der Waals surface area contributed by atoms with E-state index < -0.39 is 23.5 Å². The predicted molar refractivity (Wildman–Crippen MR) is 62.4 cm³/mol. The number of alkyl halides is 3. The van der Waals surface area contributed by atoms with Crippen LogP contribution in [-0.4, -0.2) is 26.1 Å². The molecule has 0 radical (unpaired) electrons. The number of halogens is 3. The molecule has 0 fully saturated rings. The topological polar surface area (TPSA) is 91.8 Å². The minimum Gasteiger partial charge on any atom is -0.481 e. The number of carbonyl (C=O) groups is 1. The number of nitriles is 1. The summed E-state index contributed by atoms with van der Waals surface area (Å²) in [6, 6.07) is 6.64. The van der Waals surface area contributed by atoms with Gasteiger partial charge in [-0.3, -0.25) is 4.79 Å². The van der Waals surface area contributed by atoms with Gasteiger partial charge in [0.1, 0.15) is 6.07 Å². The number of nitrogens with zero attached hydrogens (tertiary/aromatic N) is 4. The van der Waals surface area contributed by atoms with E-state index in [1.807, 2.05) is 0 Å². The Morgan fingerprint density at radius 2 is 1.95 bits per heavy atom. The van der Waals surface area contributed by atoms with Crippen LogP contribution < -0.4 is 0 Å². The monoisotopic (exact) mass is 296 g/mol. The molecule has 0 aliphatic rings. The van der Waals surface area contributed by atoms with Gasteiger partial charge in [0.25, 0.3) is 0 Å². The number of carboxylic acid groups (broad SMARTS) is 1. The highest BCUT2D eigenvalue weighted by molar-refractivity contribution is 5.70. The molecule has 0 bridgehead atoms. The lowest BCUT2D eigenvalue weighted by Gasteiger charge is -2.09. The molecule has 21 heavy (non-hydrogen) atoms. The molecule has 0 unspecified atom stereocenters. The van der Waals surface area contributed by atoms with Gasteiger partial charge in [0.2, 0.25) is 0 Å². The van der Waals surface area contributed by atoms with Crippen LogP contribution in [-0.2, 0) is 17.4 Å². The summed E-state index contributed by atoms with van der Waals surface area (Å²) in [5, 5.41) is 23.8. The summed E-state index contributed by atoms with van der Waals surface area (Å²) in [5.41, 5.74) is -1.63. The van der Waals surface area contributed by atoms with Crippen molar-refractivity contribution in [2.75, 3.05) is 0 Å². The van der Waals surface area contributed by atoms with Crippen molar-refractivity contribution >= 4 is 5.97 Å². The maximum Gasteiger partial charge on any atom is 0.436 e. The number of hydrogen-bond donors (Lipinski definition) is 1. The van der Waals surface area contributed by atoms with Crippen LogP contribution in [0.15, 0.2) is 24.3 Å². The Morgan fingerprint density at radius 1 is 1.33 bits per heavy atom. The first-order valence-electron chi connectivity index (χ1n) is 5.57. The van der Waals surface area contributed by atoms with Gasteiger partial charge in [-0.2, -0.15) is 18.4 Å². The Morgan fingerprint density at radius 3 is 2.43 bits per heavy atom. The standard InChI is InChI=1S/C12H7F3N4O2/c13-12(14,15)11-9(6-16)17-18-19(11)8-3-1-7(2-4-8)5-10(20)21/h1-4H,5H2,(H,20,21). The van der Waals surface area contributed by atoms with Gasteiger partial charge in [0.05, 0.1) is 12.1 Å². The van der Waals surface area contributed by atoms with Crippen LogP contribution in [0.4, 0.5) is 13.2 Å². The van der Waals surface area contributed by atoms with Gasteiger partial charge in [0, 0.05) is 0 Å². The van der Waals surface area contributed by atoms with E-state index in [0.29, 0.717) is 10.2 Å². The first-order valence-corrected chi connectivity index (χ1v) is 5.57. The van der Waals surface area contributed by atoms with Gasteiger partial charge >= 0.3 is 12.1 Å². The zero-order valence-electron chi connectivity index (χ0n) is 10.3. The number of carboxylic acids is 1. The minimum atomic E-state index is -4.78. The third kappa shape index (κ3) is 3.00. The van der Waals surface area contributed by atoms with Gasteiger partial charge in [-0.05, 0) is 17.7 Å². The molecule has 0 saturated carbocycles. The highest BCUT2D eigenvalue weighted by Crippen LogP contribution is 2.32. The van der Waals surface area contributed by atoms with Crippen molar-refractivity contribution < 1.29 is 23.1 Å². The quantitative estimate of drug-likeness (QED) is 0.932. The number of benzene rings is 1. The lowest BCUT2D eigenvalue weighted by Crippen LogP contribution is -2.15. The minimum absolute atomic E-state index is 0.0328. The Kier molecular flexibility index (Phi) is 3.62. The molecule has 1 heterocycles. The highest BCUT2D eigenvalue weighted by atomic mass is 19.4. The number of aromatic nitrogens is 3. The van der Waals surface area contributed by atoms with E-state index in [9.17, 15) is 18.0 Å². The van der Waals surface area contributed by atoms with Gasteiger partial charge in [-0.15, -0.1) is 5.10 Å². The molecule has 6 nitrogen and oxygen atoms in total. The van der Waals surface area contributed by atoms with Gasteiger partial charge in [-0.1, -0.05) is 17.3 Å². The molecule has 2 aromatic rings. The fourth-order valence-corrected chi connectivity index (χ4v) is 1.72. The normalized spacial score (nSPS) is 11.1. The molecule has 0 saturated heterocycles. The summed E-state index contributed by atoms with van der Waals surface area (Å²) >= 11 is 0. The molecule has 0 amide bonds. The van der Waals surface area contributed by atoms with Crippen molar-refractivity contribution in [3.63, 3.8) is 0 Å². The maximum absolute atomic E-state index is 12.9. The summed E-state index contributed by atoms with van der Waals surface area (Å²) in [4.78, 5) is 10.5. The van der Waals surface area contributed by atoms with E-state index in [1.165, 1.54) is 30.3 Å². The van der Waals surface area contributed by atoms with E-state index in [1.54, 1.807) is 0 Å². The summed E-state index contributed by atoms with van der Waals surface area (Å²) in [6.45, 7) is 0. The van der Waals surface area contributed by atoms with Crippen molar-refractivity contribution in [3.05, 3.63) is 41.2 Å². The van der Waals surface area contributed by atoms with Crippen molar-refractivity contribution in [3.8, 4) is 11.8 Å². The molecule has 1 aromatic heterocycles. The van der Waals surface area contributed by atoms with Crippen LogP contribution in [0, 0.1) is 11.3 Å². The molecule has 2 rings (SSSR count). The van der Waals surface area contributed by atoms with E-state index in [2.05, 4.69) is 10.3 Å². The molecular weight excluding hydrogens is 289 g/mol. The summed E-state index contributed by atoms with van der Waals surface area (Å²) < 4.78 is 39.3. The summed E-state index contributed by atoms with van der Waals surface area (Å²) in [6.07, 6.45) is -5.03. The van der Waals surface area contributed by atoms with Crippen LogP contribution in [0.1, 0.15) is 17.0 Å². The largest absolute Gasteiger partial charge is 0.481 e. The zero-order valence-corrected chi connectivity index (χ0v) is 10.3. The SMILES string of the molecule is N#Cc1nnn(-c2ccc(CC(=O)O)cc2)c1C(F)(F)F. The smallest absolute Gasteiger partial charge is 0.436 e. The lowest BCUT2D eigenvalue weighted by atomic mass is 10.1. The molecule has 108 valence electrons. The summed E-state index contributed by atoms with van der Waals surface area (Å²) in [7, 11) is 0. The van der Waals surface area contributed by atoms with Gasteiger partial charge in [0.15, 0.2) is 11.4 Å². The van der Waals surface area contributed by atoms with Crippen LogP contribution in [0.25, 0.3) is 5.69 Å². The molecule has 0 spiro atoms. The highest BCUT2D eigenvalue weighted by Gasteiger charge is 2.40. The number of hydrogen-bond acceptors (Lipinski definition) is 4. The molecule has 9 heteroatoms. The van der Waals surface area contributed by atoms with E-state index in [4.69, 9.17) is 10.4 Å². The molecular formula is C12H7F3N4O2. The van der Waals surface area contributed by atoms with Crippen molar-refractivity contribution in [1.29, 1.82) is 5.26 Å². The molecule has 0 atom stereocenters. The fraction of sp³-hybridized carbons (Fsp3) is 0.167. The maximum atomic E-state index is 12.9. The van der Waals surface area contributed by atoms with Crippen LogP contribution in [0.5, 0.6) is 0 Å². The number of rotatable bonds is 3. The molecule has 0 aliphatic heterocycles. The molecule has 0 aliphatic carbocycles. The van der Waals surface area contributed by atoms with E-state index in [-0.39, 0.29) is 12.1 Å². The Bertz CT molecular complexity index is 714.